The molecule has 1 amide bonds. The van der Waals surface area contributed by atoms with Gasteiger partial charge in [-0.25, -0.2) is 9.97 Å². The Kier molecular flexibility index (Phi) is 5.20. The number of aromatic nitrogens is 2. The van der Waals surface area contributed by atoms with Gasteiger partial charge in [-0.15, -0.1) is 0 Å². The number of carbonyl (C=O) groups excluding carboxylic acids is 1. The molecule has 25 heavy (non-hydrogen) atoms. The Labute approximate surface area is 146 Å². The molecule has 3 aromatic rings. The molecule has 0 fully saturated rings. The molecule has 0 unspecified atom stereocenters. The molecule has 0 radical (unpaired) electrons. The highest BCUT2D eigenvalue weighted by Gasteiger charge is 2.06. The minimum atomic E-state index is -0.0686. The number of nitrogens with zero attached hydrogens (tertiary/aromatic N) is 3. The van der Waals surface area contributed by atoms with Crippen molar-refractivity contribution in [2.24, 2.45) is 0 Å². The SMILES string of the molecule is CN(C)CCNC(=O)c1ccc(Nc2ncnc3ccccc23)cc1. The lowest BCUT2D eigenvalue weighted by molar-refractivity contribution is 0.0951. The number of rotatable bonds is 6. The molecule has 128 valence electrons. The third-order valence-electron chi connectivity index (χ3n) is 3.80. The van der Waals surface area contributed by atoms with E-state index in [-0.39, 0.29) is 5.91 Å². The van der Waals surface area contributed by atoms with Gasteiger partial charge in [0.1, 0.15) is 12.1 Å². The van der Waals surface area contributed by atoms with Crippen molar-refractivity contribution < 1.29 is 4.79 Å². The molecule has 0 aliphatic heterocycles. The van der Waals surface area contributed by atoms with Crippen LogP contribution in [0.25, 0.3) is 10.9 Å². The summed E-state index contributed by atoms with van der Waals surface area (Å²) < 4.78 is 0. The number of anilines is 2. The zero-order valence-corrected chi connectivity index (χ0v) is 14.4. The van der Waals surface area contributed by atoms with E-state index in [0.29, 0.717) is 12.1 Å². The summed E-state index contributed by atoms with van der Waals surface area (Å²) in [6.07, 6.45) is 1.54. The maximum atomic E-state index is 12.1. The summed E-state index contributed by atoms with van der Waals surface area (Å²) in [5.74, 6) is 0.676. The molecular formula is C19H21N5O. The Morgan fingerprint density at radius 3 is 2.56 bits per heavy atom. The standard InChI is InChI=1S/C19H21N5O/c1-24(2)12-11-20-19(25)14-7-9-15(10-8-14)23-18-16-5-3-4-6-17(16)21-13-22-18/h3-10,13H,11-12H2,1-2H3,(H,20,25)(H,21,22,23). The number of hydrogen-bond donors (Lipinski definition) is 2. The highest BCUT2D eigenvalue weighted by Crippen LogP contribution is 2.22. The van der Waals surface area contributed by atoms with E-state index in [1.807, 2.05) is 55.4 Å². The van der Waals surface area contributed by atoms with Crippen molar-refractivity contribution in [3.8, 4) is 0 Å². The van der Waals surface area contributed by atoms with Crippen LogP contribution < -0.4 is 10.6 Å². The van der Waals surface area contributed by atoms with Crippen molar-refractivity contribution in [2.75, 3.05) is 32.5 Å². The van der Waals surface area contributed by atoms with Crippen LogP contribution in [-0.4, -0.2) is 48.0 Å². The summed E-state index contributed by atoms with van der Waals surface area (Å²) in [5.41, 5.74) is 2.39. The molecule has 0 saturated carbocycles. The highest BCUT2D eigenvalue weighted by atomic mass is 16.1. The third-order valence-corrected chi connectivity index (χ3v) is 3.80. The number of likely N-dealkylation sites (N-methyl/N-ethyl adjacent to an activating group) is 1. The first-order valence-corrected chi connectivity index (χ1v) is 8.13. The third kappa shape index (κ3) is 4.30. The van der Waals surface area contributed by atoms with Crippen LogP contribution in [0, 0.1) is 0 Å². The fourth-order valence-corrected chi connectivity index (χ4v) is 2.44. The van der Waals surface area contributed by atoms with Crippen molar-refractivity contribution in [3.63, 3.8) is 0 Å². The van der Waals surface area contributed by atoms with E-state index in [1.165, 1.54) is 6.33 Å². The van der Waals surface area contributed by atoms with Crippen molar-refractivity contribution >= 4 is 28.3 Å². The molecule has 2 aromatic carbocycles. The predicted molar refractivity (Wildman–Crippen MR) is 100 cm³/mol. The molecule has 0 saturated heterocycles. The Balaban J connectivity index is 1.69. The van der Waals surface area contributed by atoms with Gasteiger partial charge < -0.3 is 15.5 Å². The van der Waals surface area contributed by atoms with Gasteiger partial charge in [-0.05, 0) is 50.5 Å². The second-order valence-corrected chi connectivity index (χ2v) is 6.00. The molecule has 0 atom stereocenters. The molecule has 3 rings (SSSR count). The average Bonchev–Trinajstić information content (AvgIpc) is 2.62. The van der Waals surface area contributed by atoms with E-state index >= 15 is 0 Å². The summed E-state index contributed by atoms with van der Waals surface area (Å²) in [6.45, 7) is 1.44. The first-order chi connectivity index (χ1) is 12.1. The topological polar surface area (TPSA) is 70.2 Å². The molecule has 6 nitrogen and oxygen atoms in total. The van der Waals surface area contributed by atoms with E-state index in [0.717, 1.165) is 29.0 Å². The predicted octanol–water partition coefficient (Wildman–Crippen LogP) is 2.66. The van der Waals surface area contributed by atoms with Crippen LogP contribution in [0.5, 0.6) is 0 Å². The molecule has 0 bridgehead atoms. The summed E-state index contributed by atoms with van der Waals surface area (Å²) >= 11 is 0. The zero-order chi connectivity index (χ0) is 17.6. The Morgan fingerprint density at radius 1 is 1.04 bits per heavy atom. The van der Waals surface area contributed by atoms with E-state index in [2.05, 4.69) is 20.6 Å². The first-order valence-electron chi connectivity index (χ1n) is 8.13. The van der Waals surface area contributed by atoms with Gasteiger partial charge in [-0.3, -0.25) is 4.79 Å². The van der Waals surface area contributed by atoms with Crippen LogP contribution in [-0.2, 0) is 0 Å². The summed E-state index contributed by atoms with van der Waals surface area (Å²) in [4.78, 5) is 22.7. The lowest BCUT2D eigenvalue weighted by atomic mass is 10.2. The fourth-order valence-electron chi connectivity index (χ4n) is 2.44. The first kappa shape index (κ1) is 16.9. The molecule has 2 N–H and O–H groups in total. The molecule has 1 aromatic heterocycles. The van der Waals surface area contributed by atoms with Gasteiger partial charge in [0.25, 0.3) is 5.91 Å². The monoisotopic (exact) mass is 335 g/mol. The second kappa shape index (κ2) is 7.72. The molecule has 0 aliphatic rings. The number of benzene rings is 2. The van der Waals surface area contributed by atoms with Gasteiger partial charge in [0.2, 0.25) is 0 Å². The minimum absolute atomic E-state index is 0.0686. The van der Waals surface area contributed by atoms with Crippen molar-refractivity contribution in [1.29, 1.82) is 0 Å². The van der Waals surface area contributed by atoms with Crippen molar-refractivity contribution in [1.82, 2.24) is 20.2 Å². The normalized spacial score (nSPS) is 10.8. The van der Waals surface area contributed by atoms with Crippen LogP contribution in [0.3, 0.4) is 0 Å². The molecule has 0 aliphatic carbocycles. The van der Waals surface area contributed by atoms with Crippen LogP contribution in [0.2, 0.25) is 0 Å². The second-order valence-electron chi connectivity index (χ2n) is 6.00. The van der Waals surface area contributed by atoms with Crippen LogP contribution in [0.4, 0.5) is 11.5 Å². The lowest BCUT2D eigenvalue weighted by Gasteiger charge is -2.11. The number of fused-ring (bicyclic) bond motifs is 1. The fraction of sp³-hybridized carbons (Fsp3) is 0.211. The Bertz CT molecular complexity index is 856. The number of para-hydroxylation sites is 1. The minimum Gasteiger partial charge on any atom is -0.351 e. The van der Waals surface area contributed by atoms with E-state index in [4.69, 9.17) is 0 Å². The number of hydrogen-bond acceptors (Lipinski definition) is 5. The lowest BCUT2D eigenvalue weighted by Crippen LogP contribution is -2.31. The van der Waals surface area contributed by atoms with E-state index < -0.39 is 0 Å². The van der Waals surface area contributed by atoms with Crippen LogP contribution >= 0.6 is 0 Å². The van der Waals surface area contributed by atoms with Gasteiger partial charge in [0.05, 0.1) is 5.52 Å². The summed E-state index contributed by atoms with van der Waals surface area (Å²) in [7, 11) is 3.95. The zero-order valence-electron chi connectivity index (χ0n) is 14.4. The van der Waals surface area contributed by atoms with E-state index in [1.54, 1.807) is 12.1 Å². The summed E-state index contributed by atoms with van der Waals surface area (Å²) in [5, 5.41) is 7.14. The van der Waals surface area contributed by atoms with Gasteiger partial charge in [-0.1, -0.05) is 12.1 Å². The smallest absolute Gasteiger partial charge is 0.251 e. The van der Waals surface area contributed by atoms with E-state index in [9.17, 15) is 4.79 Å². The maximum absolute atomic E-state index is 12.1. The number of amides is 1. The quantitative estimate of drug-likeness (QED) is 0.725. The Morgan fingerprint density at radius 2 is 1.80 bits per heavy atom. The molecule has 1 heterocycles. The number of carbonyl (C=O) groups is 1. The van der Waals surface area contributed by atoms with Gasteiger partial charge in [-0.2, -0.15) is 0 Å². The Hall–Kier alpha value is -2.99. The molecule has 6 heteroatoms. The maximum Gasteiger partial charge on any atom is 0.251 e. The van der Waals surface area contributed by atoms with Gasteiger partial charge in [0.15, 0.2) is 0 Å². The van der Waals surface area contributed by atoms with Crippen LogP contribution in [0.15, 0.2) is 54.9 Å². The highest BCUT2D eigenvalue weighted by molar-refractivity contribution is 5.95. The largest absolute Gasteiger partial charge is 0.351 e. The molecule has 0 spiro atoms. The van der Waals surface area contributed by atoms with Crippen LogP contribution in [0.1, 0.15) is 10.4 Å². The van der Waals surface area contributed by atoms with Gasteiger partial charge >= 0.3 is 0 Å². The summed E-state index contributed by atoms with van der Waals surface area (Å²) in [6, 6.07) is 15.2. The average molecular weight is 335 g/mol. The van der Waals surface area contributed by atoms with Crippen molar-refractivity contribution in [2.45, 2.75) is 0 Å². The van der Waals surface area contributed by atoms with Gasteiger partial charge in [0, 0.05) is 29.7 Å². The molecular weight excluding hydrogens is 314 g/mol. The number of nitrogens with one attached hydrogen (secondary N) is 2. The van der Waals surface area contributed by atoms with Crippen molar-refractivity contribution in [3.05, 3.63) is 60.4 Å².